The molecule has 3 unspecified atom stereocenters. The van der Waals surface area contributed by atoms with E-state index in [-0.39, 0.29) is 58.7 Å². The molecule has 11 heteroatoms. The van der Waals surface area contributed by atoms with Crippen molar-refractivity contribution in [3.63, 3.8) is 0 Å². The molecular formula is C25H38N6O5. The van der Waals surface area contributed by atoms with E-state index in [2.05, 4.69) is 18.2 Å². The summed E-state index contributed by atoms with van der Waals surface area (Å²) in [5, 5.41) is 44.9. The fourth-order valence-corrected chi connectivity index (χ4v) is 3.34. The van der Waals surface area contributed by atoms with Gasteiger partial charge in [-0.1, -0.05) is 0 Å². The van der Waals surface area contributed by atoms with E-state index in [0.717, 1.165) is 0 Å². The Bertz CT molecular complexity index is 748. The van der Waals surface area contributed by atoms with E-state index in [9.17, 15) is 0 Å². The van der Waals surface area contributed by atoms with Gasteiger partial charge in [0.2, 0.25) is 0 Å². The van der Waals surface area contributed by atoms with Gasteiger partial charge in [0.1, 0.15) is 18.3 Å². The van der Waals surface area contributed by atoms with Crippen LogP contribution in [0.5, 0.6) is 0 Å². The van der Waals surface area contributed by atoms with Crippen LogP contribution in [0.3, 0.4) is 0 Å². The molecule has 0 rings (SSSR count). The molecule has 0 aromatic heterocycles. The molecule has 0 aliphatic heterocycles. The van der Waals surface area contributed by atoms with Crippen molar-refractivity contribution in [1.82, 2.24) is 0 Å². The molecule has 11 nitrogen and oxygen atoms in total. The second-order valence-electron chi connectivity index (χ2n) is 7.74. The Morgan fingerprint density at radius 1 is 0.528 bits per heavy atom. The first kappa shape index (κ1) is 33.2. The largest absolute Gasteiger partial charge is 0.379 e. The van der Waals surface area contributed by atoms with Crippen LogP contribution in [-0.2, 0) is 23.7 Å². The van der Waals surface area contributed by atoms with Crippen LogP contribution < -0.4 is 5.73 Å². The van der Waals surface area contributed by atoms with Crippen LogP contribution >= 0.6 is 0 Å². The molecule has 36 heavy (non-hydrogen) atoms. The summed E-state index contributed by atoms with van der Waals surface area (Å²) < 4.78 is 30.0. The smallest absolute Gasteiger partial charge is 0.115 e. The predicted octanol–water partition coefficient (Wildman–Crippen LogP) is 2.63. The zero-order valence-corrected chi connectivity index (χ0v) is 21.0. The Morgan fingerprint density at radius 2 is 1.00 bits per heavy atom. The highest BCUT2D eigenvalue weighted by Gasteiger charge is 2.38. The van der Waals surface area contributed by atoms with E-state index in [1.165, 1.54) is 0 Å². The molecule has 0 aromatic rings. The van der Waals surface area contributed by atoms with Gasteiger partial charge in [0.15, 0.2) is 0 Å². The van der Waals surface area contributed by atoms with Gasteiger partial charge >= 0.3 is 0 Å². The summed E-state index contributed by atoms with van der Waals surface area (Å²) in [4.78, 5) is 0. The molecule has 0 aliphatic carbocycles. The highest BCUT2D eigenvalue weighted by molar-refractivity contribution is 4.88. The van der Waals surface area contributed by atoms with E-state index < -0.39 is 24.4 Å². The lowest BCUT2D eigenvalue weighted by molar-refractivity contribution is -0.188. The van der Waals surface area contributed by atoms with Crippen LogP contribution in [0.15, 0.2) is 0 Å². The van der Waals surface area contributed by atoms with Gasteiger partial charge in [-0.15, -0.1) is 0 Å². The average Bonchev–Trinajstić information content (AvgIpc) is 2.88. The average molecular weight is 503 g/mol. The maximum absolute atomic E-state index is 9.04. The topological polar surface area (TPSA) is 191 Å². The summed E-state index contributed by atoms with van der Waals surface area (Å²) in [5.74, 6) is 0. The van der Waals surface area contributed by atoms with E-state index >= 15 is 0 Å². The van der Waals surface area contributed by atoms with E-state index in [1.807, 2.05) is 12.1 Å². The number of hydrogen-bond donors (Lipinski definition) is 1. The van der Waals surface area contributed by atoms with Crippen molar-refractivity contribution in [2.45, 2.75) is 82.2 Å². The molecule has 2 N–H and O–H groups in total. The fraction of sp³-hybridized carbons (Fsp3) is 0.800. The quantitative estimate of drug-likeness (QED) is 0.191. The third-order valence-electron chi connectivity index (χ3n) is 5.00. The van der Waals surface area contributed by atoms with Gasteiger partial charge < -0.3 is 29.4 Å². The van der Waals surface area contributed by atoms with Crippen LogP contribution in [0.25, 0.3) is 0 Å². The summed E-state index contributed by atoms with van der Waals surface area (Å²) in [6.07, 6.45) is 0.969. The number of nitriles is 5. The van der Waals surface area contributed by atoms with Crippen LogP contribution in [0.2, 0.25) is 0 Å². The Balaban J connectivity index is 5.99. The summed E-state index contributed by atoms with van der Waals surface area (Å²) in [5.41, 5.74) is 5.56. The van der Waals surface area contributed by atoms with Gasteiger partial charge in [-0.2, -0.15) is 26.3 Å². The fourth-order valence-electron chi connectivity index (χ4n) is 3.34. The molecule has 0 fully saturated rings. The maximum Gasteiger partial charge on any atom is 0.115 e. The van der Waals surface area contributed by atoms with Crippen molar-refractivity contribution in [3.05, 3.63) is 0 Å². The number of unbranched alkanes of at least 4 members (excludes halogenated alkanes) is 2. The van der Waals surface area contributed by atoms with Crippen molar-refractivity contribution in [2.75, 3.05) is 46.2 Å². The van der Waals surface area contributed by atoms with Gasteiger partial charge in [0, 0.05) is 13.0 Å². The molecule has 0 aromatic carbocycles. The molecule has 198 valence electrons. The minimum Gasteiger partial charge on any atom is -0.379 e. The predicted molar refractivity (Wildman–Crippen MR) is 128 cm³/mol. The van der Waals surface area contributed by atoms with E-state index in [0.29, 0.717) is 45.3 Å². The molecule has 0 amide bonds. The number of nitrogens with two attached hydrogens (primary N) is 1. The molecular weight excluding hydrogens is 464 g/mol. The second kappa shape index (κ2) is 25.3. The minimum absolute atomic E-state index is 0.111. The number of rotatable bonds is 24. The Labute approximate surface area is 214 Å². The lowest BCUT2D eigenvalue weighted by Gasteiger charge is -2.37. The standard InChI is InChI=1S/C25H38N6O5/c26-10-3-1-2-9-22(33-17-5-12-28)24(35-19-7-14-30)25(36-20-8-15-31)23(34-18-6-13-29)21-32-16-4-11-27/h22-25H,1-9,11,16-21,27H2/t22?,23-,24?,25?/m1/s1. The third-order valence-corrected chi connectivity index (χ3v) is 5.00. The monoisotopic (exact) mass is 502 g/mol. The molecule has 4 atom stereocenters. The number of ether oxygens (including phenoxy) is 5. The molecule has 0 heterocycles. The number of nitrogens with zero attached hydrogens (tertiary/aromatic N) is 5. The zero-order valence-electron chi connectivity index (χ0n) is 21.0. The van der Waals surface area contributed by atoms with Gasteiger partial charge in [-0.25, -0.2) is 0 Å². The first-order valence-electron chi connectivity index (χ1n) is 12.3. The summed E-state index contributed by atoms with van der Waals surface area (Å²) in [7, 11) is 0. The van der Waals surface area contributed by atoms with Crippen LogP contribution in [0.1, 0.15) is 57.8 Å². The van der Waals surface area contributed by atoms with Crippen molar-refractivity contribution in [2.24, 2.45) is 5.73 Å². The van der Waals surface area contributed by atoms with E-state index in [4.69, 9.17) is 55.7 Å². The summed E-state index contributed by atoms with van der Waals surface area (Å²) >= 11 is 0. The molecule has 0 saturated carbocycles. The SMILES string of the molecule is N#CCCCCC(OCCC#N)C(OCCC#N)C(OCCC#N)[C@@H](COCCCN)OCCC#N. The summed E-state index contributed by atoms with van der Waals surface area (Å²) in [6, 6.07) is 10.3. The molecule has 0 spiro atoms. The molecule has 0 radical (unpaired) electrons. The highest BCUT2D eigenvalue weighted by Crippen LogP contribution is 2.23. The van der Waals surface area contributed by atoms with Crippen LogP contribution in [0, 0.1) is 56.7 Å². The highest BCUT2D eigenvalue weighted by atomic mass is 16.6. The lowest BCUT2D eigenvalue weighted by Crippen LogP contribution is -2.51. The van der Waals surface area contributed by atoms with Crippen molar-refractivity contribution >= 4 is 0 Å². The van der Waals surface area contributed by atoms with Crippen LogP contribution in [-0.4, -0.2) is 70.6 Å². The Kier molecular flexibility index (Phi) is 23.3. The zero-order chi connectivity index (χ0) is 26.7. The van der Waals surface area contributed by atoms with Gasteiger partial charge in [-0.3, -0.25) is 0 Å². The summed E-state index contributed by atoms with van der Waals surface area (Å²) in [6.45, 7) is 1.57. The van der Waals surface area contributed by atoms with Gasteiger partial charge in [0.25, 0.3) is 0 Å². The first-order valence-corrected chi connectivity index (χ1v) is 12.3. The normalized spacial score (nSPS) is 13.8. The van der Waals surface area contributed by atoms with Crippen molar-refractivity contribution in [3.8, 4) is 30.3 Å². The van der Waals surface area contributed by atoms with Gasteiger partial charge in [0.05, 0.1) is 95.2 Å². The molecule has 0 bridgehead atoms. The van der Waals surface area contributed by atoms with E-state index in [1.54, 1.807) is 0 Å². The Morgan fingerprint density at radius 3 is 1.50 bits per heavy atom. The molecule has 0 aliphatic rings. The van der Waals surface area contributed by atoms with Gasteiger partial charge in [-0.05, 0) is 32.2 Å². The van der Waals surface area contributed by atoms with Crippen molar-refractivity contribution in [1.29, 1.82) is 26.3 Å². The van der Waals surface area contributed by atoms with Crippen LogP contribution in [0.4, 0.5) is 0 Å². The first-order chi connectivity index (χ1) is 17.7. The lowest BCUT2D eigenvalue weighted by atomic mass is 9.97. The molecule has 0 saturated heterocycles. The maximum atomic E-state index is 9.04. The van der Waals surface area contributed by atoms with Crippen molar-refractivity contribution < 1.29 is 23.7 Å². The second-order valence-corrected chi connectivity index (χ2v) is 7.74. The third kappa shape index (κ3) is 16.8. The number of hydrogen-bond acceptors (Lipinski definition) is 11. The Hall–Kier alpha value is -2.79. The minimum atomic E-state index is -0.739.